The number of benzene rings is 2. The monoisotopic (exact) mass is 410 g/mol. The standard InChI is InChI=1S/C22H22N2O4S/c1-13-5-6-17(9-14(13)2)18-12-29-22(23-18)24-21(26)11-28-19-8-7-16(15(3)25)10-20(19)27-4/h5-10,12H,11H2,1-4H3,(H,23,24,26). The van der Waals surface area contributed by atoms with Crippen LogP contribution in [0.3, 0.4) is 0 Å². The van der Waals surface area contributed by atoms with E-state index in [9.17, 15) is 9.59 Å². The minimum absolute atomic E-state index is 0.0732. The van der Waals surface area contributed by atoms with E-state index in [1.165, 1.54) is 36.5 Å². The first-order chi connectivity index (χ1) is 13.9. The van der Waals surface area contributed by atoms with Gasteiger partial charge in [0.15, 0.2) is 29.0 Å². The topological polar surface area (TPSA) is 77.5 Å². The predicted molar refractivity (Wildman–Crippen MR) is 114 cm³/mol. The van der Waals surface area contributed by atoms with E-state index < -0.39 is 0 Å². The number of aromatic nitrogens is 1. The highest BCUT2D eigenvalue weighted by Gasteiger charge is 2.12. The maximum Gasteiger partial charge on any atom is 0.264 e. The summed E-state index contributed by atoms with van der Waals surface area (Å²) in [7, 11) is 1.48. The number of rotatable bonds is 7. The molecule has 0 saturated carbocycles. The van der Waals surface area contributed by atoms with E-state index >= 15 is 0 Å². The molecule has 0 bridgehead atoms. The van der Waals surface area contributed by atoms with Gasteiger partial charge in [0.05, 0.1) is 12.8 Å². The Kier molecular flexibility index (Phi) is 6.29. The number of nitrogens with zero attached hydrogens (tertiary/aromatic N) is 1. The van der Waals surface area contributed by atoms with Gasteiger partial charge in [-0.2, -0.15) is 0 Å². The SMILES string of the molecule is COc1cc(C(C)=O)ccc1OCC(=O)Nc1nc(-c2ccc(C)c(C)c2)cs1. The lowest BCUT2D eigenvalue weighted by Gasteiger charge is -2.11. The van der Waals surface area contributed by atoms with Gasteiger partial charge in [-0.05, 0) is 56.2 Å². The second-order valence-corrected chi connectivity index (χ2v) is 7.45. The quantitative estimate of drug-likeness (QED) is 0.574. The molecule has 0 aliphatic carbocycles. The summed E-state index contributed by atoms with van der Waals surface area (Å²) in [5.41, 5.74) is 4.76. The first-order valence-corrected chi connectivity index (χ1v) is 9.90. The van der Waals surface area contributed by atoms with Gasteiger partial charge in [0.25, 0.3) is 5.91 Å². The van der Waals surface area contributed by atoms with E-state index in [1.807, 2.05) is 11.4 Å². The highest BCUT2D eigenvalue weighted by Crippen LogP contribution is 2.29. The first kappa shape index (κ1) is 20.5. The molecule has 0 unspecified atom stereocenters. The predicted octanol–water partition coefficient (Wildman–Crippen LogP) is 4.66. The van der Waals surface area contributed by atoms with E-state index in [0.29, 0.717) is 22.2 Å². The molecule has 0 atom stereocenters. The maximum absolute atomic E-state index is 12.2. The molecule has 29 heavy (non-hydrogen) atoms. The Morgan fingerprint density at radius 2 is 1.86 bits per heavy atom. The van der Waals surface area contributed by atoms with Gasteiger partial charge < -0.3 is 9.47 Å². The van der Waals surface area contributed by atoms with Crippen LogP contribution < -0.4 is 14.8 Å². The molecule has 0 fully saturated rings. The molecular weight excluding hydrogens is 388 g/mol. The van der Waals surface area contributed by atoms with E-state index in [2.05, 4.69) is 36.3 Å². The van der Waals surface area contributed by atoms with Gasteiger partial charge >= 0.3 is 0 Å². The fourth-order valence-corrected chi connectivity index (χ4v) is 3.40. The molecule has 3 aromatic rings. The number of nitrogens with one attached hydrogen (secondary N) is 1. The van der Waals surface area contributed by atoms with Crippen LogP contribution in [0.25, 0.3) is 11.3 Å². The number of Topliss-reactive ketones (excluding diaryl/α,β-unsaturated/α-hetero) is 1. The second-order valence-electron chi connectivity index (χ2n) is 6.60. The summed E-state index contributed by atoms with van der Waals surface area (Å²) in [6.07, 6.45) is 0. The van der Waals surface area contributed by atoms with Crippen LogP contribution in [0.1, 0.15) is 28.4 Å². The number of ether oxygens (including phenoxy) is 2. The van der Waals surface area contributed by atoms with Crippen LogP contribution in [0.2, 0.25) is 0 Å². The third-order valence-electron chi connectivity index (χ3n) is 4.48. The van der Waals surface area contributed by atoms with Crippen LogP contribution in [-0.2, 0) is 4.79 Å². The Balaban J connectivity index is 1.62. The average Bonchev–Trinajstić information content (AvgIpc) is 3.16. The Morgan fingerprint density at radius 1 is 1.07 bits per heavy atom. The summed E-state index contributed by atoms with van der Waals surface area (Å²) < 4.78 is 10.8. The summed E-state index contributed by atoms with van der Waals surface area (Å²) in [5, 5.41) is 5.16. The van der Waals surface area contributed by atoms with Crippen molar-refractivity contribution in [1.82, 2.24) is 4.98 Å². The molecule has 0 radical (unpaired) electrons. The zero-order valence-corrected chi connectivity index (χ0v) is 17.6. The number of aryl methyl sites for hydroxylation is 2. The molecule has 0 spiro atoms. The summed E-state index contributed by atoms with van der Waals surface area (Å²) in [6, 6.07) is 11.0. The van der Waals surface area contributed by atoms with Gasteiger partial charge in [-0.25, -0.2) is 4.98 Å². The summed E-state index contributed by atoms with van der Waals surface area (Å²) >= 11 is 1.36. The molecule has 1 N–H and O–H groups in total. The molecule has 3 rings (SSSR count). The number of hydrogen-bond acceptors (Lipinski definition) is 6. The number of carbonyl (C=O) groups is 2. The van der Waals surface area contributed by atoms with Crippen molar-refractivity contribution in [3.05, 3.63) is 58.5 Å². The van der Waals surface area contributed by atoms with Crippen LogP contribution in [-0.4, -0.2) is 30.4 Å². The lowest BCUT2D eigenvalue weighted by Crippen LogP contribution is -2.20. The lowest BCUT2D eigenvalue weighted by molar-refractivity contribution is -0.118. The maximum atomic E-state index is 12.2. The Labute approximate surface area is 173 Å². The molecular formula is C22H22N2O4S. The summed E-state index contributed by atoms with van der Waals surface area (Å²) in [6.45, 7) is 5.40. The zero-order chi connectivity index (χ0) is 21.0. The minimum atomic E-state index is -0.330. The van der Waals surface area contributed by atoms with Gasteiger partial charge in [0.2, 0.25) is 0 Å². The fourth-order valence-electron chi connectivity index (χ4n) is 2.67. The molecule has 1 heterocycles. The Bertz CT molecular complexity index is 1060. The molecule has 1 aromatic heterocycles. The Morgan fingerprint density at radius 3 is 2.55 bits per heavy atom. The highest BCUT2D eigenvalue weighted by molar-refractivity contribution is 7.14. The van der Waals surface area contributed by atoms with Gasteiger partial charge in [-0.1, -0.05) is 12.1 Å². The van der Waals surface area contributed by atoms with Crippen LogP contribution in [0.5, 0.6) is 11.5 Å². The number of thiazole rings is 1. The third-order valence-corrected chi connectivity index (χ3v) is 5.24. The molecule has 0 aliphatic rings. The normalized spacial score (nSPS) is 10.5. The van der Waals surface area contributed by atoms with E-state index in [-0.39, 0.29) is 18.3 Å². The molecule has 7 heteroatoms. The molecule has 0 saturated heterocycles. The van der Waals surface area contributed by atoms with Crippen molar-refractivity contribution in [2.24, 2.45) is 0 Å². The largest absolute Gasteiger partial charge is 0.493 e. The fraction of sp³-hybridized carbons (Fsp3) is 0.227. The van der Waals surface area contributed by atoms with Crippen molar-refractivity contribution >= 4 is 28.2 Å². The van der Waals surface area contributed by atoms with Crippen LogP contribution >= 0.6 is 11.3 Å². The molecule has 1 amide bonds. The molecule has 2 aromatic carbocycles. The number of hydrogen-bond donors (Lipinski definition) is 1. The van der Waals surface area contributed by atoms with E-state index in [1.54, 1.807) is 18.2 Å². The minimum Gasteiger partial charge on any atom is -0.493 e. The van der Waals surface area contributed by atoms with Crippen molar-refractivity contribution in [2.75, 3.05) is 19.0 Å². The van der Waals surface area contributed by atoms with Crippen LogP contribution in [0.15, 0.2) is 41.8 Å². The third kappa shape index (κ3) is 5.00. The van der Waals surface area contributed by atoms with Crippen molar-refractivity contribution in [3.8, 4) is 22.8 Å². The molecule has 0 aliphatic heterocycles. The van der Waals surface area contributed by atoms with Gasteiger partial charge in [0, 0.05) is 16.5 Å². The van der Waals surface area contributed by atoms with Crippen molar-refractivity contribution in [3.63, 3.8) is 0 Å². The van der Waals surface area contributed by atoms with Gasteiger partial charge in [0.1, 0.15) is 0 Å². The average molecular weight is 410 g/mol. The number of methoxy groups -OCH3 is 1. The number of amides is 1. The zero-order valence-electron chi connectivity index (χ0n) is 16.7. The van der Waals surface area contributed by atoms with E-state index in [0.717, 1.165) is 11.3 Å². The van der Waals surface area contributed by atoms with Gasteiger partial charge in [-0.15, -0.1) is 11.3 Å². The first-order valence-electron chi connectivity index (χ1n) is 9.02. The number of anilines is 1. The van der Waals surface area contributed by atoms with Crippen molar-refractivity contribution in [1.29, 1.82) is 0 Å². The van der Waals surface area contributed by atoms with Gasteiger partial charge in [-0.3, -0.25) is 14.9 Å². The van der Waals surface area contributed by atoms with Crippen molar-refractivity contribution in [2.45, 2.75) is 20.8 Å². The molecule has 150 valence electrons. The van der Waals surface area contributed by atoms with Crippen molar-refractivity contribution < 1.29 is 19.1 Å². The summed E-state index contributed by atoms with van der Waals surface area (Å²) in [5.74, 6) is 0.388. The number of ketones is 1. The summed E-state index contributed by atoms with van der Waals surface area (Å²) in [4.78, 5) is 28.2. The number of carbonyl (C=O) groups excluding carboxylic acids is 2. The van der Waals surface area contributed by atoms with Crippen LogP contribution in [0, 0.1) is 13.8 Å². The molecule has 6 nitrogen and oxygen atoms in total. The lowest BCUT2D eigenvalue weighted by atomic mass is 10.1. The smallest absolute Gasteiger partial charge is 0.264 e. The highest BCUT2D eigenvalue weighted by atomic mass is 32.1. The Hall–Kier alpha value is -3.19. The van der Waals surface area contributed by atoms with E-state index in [4.69, 9.17) is 9.47 Å². The second kappa shape index (κ2) is 8.87. The van der Waals surface area contributed by atoms with Crippen LogP contribution in [0.4, 0.5) is 5.13 Å².